The minimum absolute atomic E-state index is 0.0523. The molecule has 0 unspecified atom stereocenters. The van der Waals surface area contributed by atoms with Crippen molar-refractivity contribution in [3.05, 3.63) is 58.7 Å². The number of aromatic nitrogens is 2. The van der Waals surface area contributed by atoms with Gasteiger partial charge in [0.05, 0.1) is 18.0 Å². The zero-order valence-corrected chi connectivity index (χ0v) is 16.7. The fraction of sp³-hybridized carbons (Fsp3) is 0.391. The van der Waals surface area contributed by atoms with Crippen LogP contribution >= 0.6 is 0 Å². The van der Waals surface area contributed by atoms with Crippen molar-refractivity contribution in [2.45, 2.75) is 38.1 Å². The third-order valence-electron chi connectivity index (χ3n) is 5.93. The van der Waals surface area contributed by atoms with Crippen LogP contribution in [0.4, 0.5) is 10.3 Å². The number of anilines is 1. The topological polar surface area (TPSA) is 87.4 Å². The van der Waals surface area contributed by atoms with E-state index in [1.807, 2.05) is 22.8 Å². The molecule has 0 spiro atoms. The maximum absolute atomic E-state index is 13.6. The van der Waals surface area contributed by atoms with Crippen molar-refractivity contribution >= 4 is 24.0 Å². The van der Waals surface area contributed by atoms with E-state index in [0.29, 0.717) is 24.0 Å². The van der Waals surface area contributed by atoms with Gasteiger partial charge in [0.25, 0.3) is 5.91 Å². The van der Waals surface area contributed by atoms with E-state index in [0.717, 1.165) is 37.0 Å². The second-order valence-corrected chi connectivity index (χ2v) is 7.96. The zero-order valence-electron chi connectivity index (χ0n) is 16.7. The molecule has 2 aliphatic carbocycles. The molecule has 7 heteroatoms. The number of allylic oxidation sites excluding steroid dienone is 1. The molecule has 0 atom stereocenters. The van der Waals surface area contributed by atoms with Crippen LogP contribution in [0, 0.1) is 11.7 Å². The van der Waals surface area contributed by atoms with Crippen molar-refractivity contribution < 1.29 is 19.4 Å². The molecule has 0 saturated heterocycles. The fourth-order valence-electron chi connectivity index (χ4n) is 4.27. The average molecular weight is 411 g/mol. The molecule has 1 aromatic heterocycles. The molecule has 1 aromatic carbocycles. The SMILES string of the molecule is O=C(Nc1nc2c(n1C1CCC(CO)CC1)C=CCC(CO)=C2)c1cccc(F)c1. The summed E-state index contributed by atoms with van der Waals surface area (Å²) < 4.78 is 15.6. The van der Waals surface area contributed by atoms with Crippen LogP contribution in [0.5, 0.6) is 0 Å². The second-order valence-electron chi connectivity index (χ2n) is 7.96. The van der Waals surface area contributed by atoms with Gasteiger partial charge in [0.2, 0.25) is 5.95 Å². The summed E-state index contributed by atoms with van der Waals surface area (Å²) in [5.74, 6) is -0.162. The summed E-state index contributed by atoms with van der Waals surface area (Å²) in [7, 11) is 0. The first-order chi connectivity index (χ1) is 14.6. The van der Waals surface area contributed by atoms with Crippen LogP contribution in [0.25, 0.3) is 12.2 Å². The van der Waals surface area contributed by atoms with Gasteiger partial charge in [-0.2, -0.15) is 0 Å². The highest BCUT2D eigenvalue weighted by Crippen LogP contribution is 2.37. The number of rotatable bonds is 5. The number of benzene rings is 1. The van der Waals surface area contributed by atoms with E-state index in [4.69, 9.17) is 0 Å². The Hall–Kier alpha value is -2.77. The normalized spacial score (nSPS) is 21.0. The molecule has 2 aliphatic rings. The third-order valence-corrected chi connectivity index (χ3v) is 5.93. The molecule has 1 heterocycles. The van der Waals surface area contributed by atoms with Gasteiger partial charge in [0.1, 0.15) is 5.82 Å². The second kappa shape index (κ2) is 8.93. The Morgan fingerprint density at radius 3 is 2.73 bits per heavy atom. The molecule has 158 valence electrons. The van der Waals surface area contributed by atoms with Gasteiger partial charge in [-0.25, -0.2) is 9.37 Å². The molecule has 30 heavy (non-hydrogen) atoms. The number of hydrogen-bond acceptors (Lipinski definition) is 4. The number of nitrogens with zero attached hydrogens (tertiary/aromatic N) is 2. The monoisotopic (exact) mass is 411 g/mol. The highest BCUT2D eigenvalue weighted by atomic mass is 19.1. The molecule has 0 bridgehead atoms. The summed E-state index contributed by atoms with van der Waals surface area (Å²) in [5.41, 5.74) is 2.67. The van der Waals surface area contributed by atoms with Gasteiger partial charge in [-0.05, 0) is 73.9 Å². The standard InChI is InChI=1S/C23H26FN3O3/c24-18-5-2-4-17(12-18)22(30)26-23-25-20-11-16(14-29)3-1-6-21(20)27(23)19-9-7-15(13-28)8-10-19/h1-2,4-6,11-12,15,19,28-29H,3,7-10,13-14H2,(H,25,26,30). The van der Waals surface area contributed by atoms with E-state index < -0.39 is 11.7 Å². The highest BCUT2D eigenvalue weighted by Gasteiger charge is 2.28. The first kappa shape index (κ1) is 20.5. The van der Waals surface area contributed by atoms with E-state index in [1.54, 1.807) is 6.07 Å². The van der Waals surface area contributed by atoms with Crippen LogP contribution in [-0.4, -0.2) is 38.9 Å². The van der Waals surface area contributed by atoms with E-state index in [1.165, 1.54) is 18.2 Å². The summed E-state index contributed by atoms with van der Waals surface area (Å²) in [6.07, 6.45) is 10.1. The Kier molecular flexibility index (Phi) is 6.11. The van der Waals surface area contributed by atoms with E-state index >= 15 is 0 Å². The van der Waals surface area contributed by atoms with E-state index in [-0.39, 0.29) is 24.8 Å². The molecule has 1 amide bonds. The molecular formula is C23H26FN3O3. The lowest BCUT2D eigenvalue weighted by atomic mass is 9.86. The summed E-state index contributed by atoms with van der Waals surface area (Å²) in [5, 5.41) is 21.9. The molecule has 1 fully saturated rings. The van der Waals surface area contributed by atoms with E-state index in [9.17, 15) is 19.4 Å². The van der Waals surface area contributed by atoms with Crippen LogP contribution in [0.3, 0.4) is 0 Å². The molecular weight excluding hydrogens is 385 g/mol. The lowest BCUT2D eigenvalue weighted by Gasteiger charge is -2.30. The number of amides is 1. The Morgan fingerprint density at radius 2 is 2.03 bits per heavy atom. The van der Waals surface area contributed by atoms with Crippen molar-refractivity contribution in [1.29, 1.82) is 0 Å². The van der Waals surface area contributed by atoms with Crippen LogP contribution in [0.15, 0.2) is 35.9 Å². The van der Waals surface area contributed by atoms with Crippen LogP contribution in [0.1, 0.15) is 59.9 Å². The van der Waals surface area contributed by atoms with Gasteiger partial charge < -0.3 is 14.8 Å². The number of imidazole rings is 1. The summed E-state index contributed by atoms with van der Waals surface area (Å²) in [4.78, 5) is 17.4. The number of hydrogen-bond donors (Lipinski definition) is 3. The van der Waals surface area contributed by atoms with Gasteiger partial charge in [0, 0.05) is 18.2 Å². The Bertz CT molecular complexity index is 988. The van der Waals surface area contributed by atoms with Gasteiger partial charge in [-0.15, -0.1) is 0 Å². The summed E-state index contributed by atoms with van der Waals surface area (Å²) in [6.45, 7) is 0.143. The van der Waals surface area contributed by atoms with Gasteiger partial charge >= 0.3 is 0 Å². The smallest absolute Gasteiger partial charge is 0.258 e. The quantitative estimate of drug-likeness (QED) is 0.699. The third kappa shape index (κ3) is 4.22. The number of fused-ring (bicyclic) bond motifs is 1. The number of carbonyl (C=O) groups is 1. The van der Waals surface area contributed by atoms with E-state index in [2.05, 4.69) is 10.3 Å². The number of nitrogens with one attached hydrogen (secondary N) is 1. The van der Waals surface area contributed by atoms with Crippen LogP contribution < -0.4 is 5.32 Å². The summed E-state index contributed by atoms with van der Waals surface area (Å²) >= 11 is 0. The van der Waals surface area contributed by atoms with Crippen molar-refractivity contribution in [3.8, 4) is 0 Å². The Labute approximate surface area is 174 Å². The lowest BCUT2D eigenvalue weighted by Crippen LogP contribution is -2.24. The molecule has 3 N–H and O–H groups in total. The predicted octanol–water partition coefficient (Wildman–Crippen LogP) is 3.79. The largest absolute Gasteiger partial charge is 0.396 e. The first-order valence-corrected chi connectivity index (χ1v) is 10.4. The number of halogens is 1. The molecule has 1 saturated carbocycles. The zero-order chi connectivity index (χ0) is 21.1. The molecule has 4 rings (SSSR count). The van der Waals surface area contributed by atoms with Crippen molar-refractivity contribution in [2.24, 2.45) is 5.92 Å². The van der Waals surface area contributed by atoms with Gasteiger partial charge in [-0.1, -0.05) is 12.1 Å². The minimum Gasteiger partial charge on any atom is -0.396 e. The highest BCUT2D eigenvalue weighted by molar-refractivity contribution is 6.03. The Morgan fingerprint density at radius 1 is 1.23 bits per heavy atom. The average Bonchev–Trinajstić information content (AvgIpc) is 2.96. The predicted molar refractivity (Wildman–Crippen MR) is 113 cm³/mol. The summed E-state index contributed by atoms with van der Waals surface area (Å²) in [6, 6.07) is 5.70. The molecule has 6 nitrogen and oxygen atoms in total. The number of aliphatic hydroxyl groups excluding tert-OH is 2. The Balaban J connectivity index is 1.70. The molecule has 0 radical (unpaired) electrons. The molecule has 2 aromatic rings. The van der Waals surface area contributed by atoms with Gasteiger partial charge in [0.15, 0.2) is 0 Å². The minimum atomic E-state index is -0.470. The number of aliphatic hydroxyl groups is 2. The van der Waals surface area contributed by atoms with Crippen LogP contribution in [0.2, 0.25) is 0 Å². The lowest BCUT2D eigenvalue weighted by molar-refractivity contribution is 0.102. The molecule has 0 aliphatic heterocycles. The van der Waals surface area contributed by atoms with Gasteiger partial charge in [-0.3, -0.25) is 10.1 Å². The maximum atomic E-state index is 13.6. The van der Waals surface area contributed by atoms with Crippen LogP contribution in [-0.2, 0) is 0 Å². The first-order valence-electron chi connectivity index (χ1n) is 10.4. The fourth-order valence-corrected chi connectivity index (χ4v) is 4.27. The van der Waals surface area contributed by atoms with Crippen molar-refractivity contribution in [2.75, 3.05) is 18.5 Å². The number of carbonyl (C=O) groups excluding carboxylic acids is 1. The maximum Gasteiger partial charge on any atom is 0.258 e. The van der Waals surface area contributed by atoms with Crippen molar-refractivity contribution in [1.82, 2.24) is 9.55 Å². The van der Waals surface area contributed by atoms with Crippen molar-refractivity contribution in [3.63, 3.8) is 0 Å².